The van der Waals surface area contributed by atoms with Crippen LogP contribution in [0.25, 0.3) is 0 Å². The van der Waals surface area contributed by atoms with Crippen molar-refractivity contribution in [3.63, 3.8) is 0 Å². The normalized spacial score (nSPS) is 12.1. The Bertz CT molecular complexity index is 787. The fourth-order valence-electron chi connectivity index (χ4n) is 2.53. The van der Waals surface area contributed by atoms with Gasteiger partial charge in [-0.2, -0.15) is 0 Å². The van der Waals surface area contributed by atoms with Gasteiger partial charge in [0.15, 0.2) is 5.75 Å². The average Bonchev–Trinajstić information content (AvgIpc) is 2.66. The van der Waals surface area contributed by atoms with Crippen molar-refractivity contribution in [1.82, 2.24) is 5.32 Å². The van der Waals surface area contributed by atoms with Gasteiger partial charge in [-0.05, 0) is 34.1 Å². The summed E-state index contributed by atoms with van der Waals surface area (Å²) in [7, 11) is -0.740. The number of carbonyl (C=O) groups is 1. The highest BCUT2D eigenvalue weighted by Crippen LogP contribution is 2.46. The van der Waals surface area contributed by atoms with E-state index >= 15 is 0 Å². The molecule has 1 N–H and O–H groups in total. The molecular weight excluding hydrogens is 403 g/mol. The maximum absolute atomic E-state index is 12.3. The summed E-state index contributed by atoms with van der Waals surface area (Å²) >= 11 is 0. The highest BCUT2D eigenvalue weighted by Gasteiger charge is 2.30. The van der Waals surface area contributed by atoms with E-state index in [0.717, 1.165) is 0 Å². The second kappa shape index (κ2) is 10.8. The highest BCUT2D eigenvalue weighted by atomic mass is 31.2. The molecule has 1 aromatic carbocycles. The number of anilines is 1. The molecule has 0 aliphatic heterocycles. The minimum atomic E-state index is -3.30. The van der Waals surface area contributed by atoms with Crippen molar-refractivity contribution in [3.8, 4) is 5.75 Å². The van der Waals surface area contributed by atoms with Gasteiger partial charge in [-0.25, -0.2) is 4.79 Å². The van der Waals surface area contributed by atoms with E-state index in [2.05, 4.69) is 5.32 Å². The summed E-state index contributed by atoms with van der Waals surface area (Å²) < 4.78 is 32.7. The molecule has 0 aliphatic rings. The van der Waals surface area contributed by atoms with Gasteiger partial charge in [0.1, 0.15) is 11.3 Å². The fraction of sp³-hybridized carbons (Fsp3) is 0.722. The SMILES string of the molecule is CCOc1c(N(CCCNC(=O)OC(C)(C)C)CCP(=O)(OC)OC)c(=O)c1=O. The first-order valence-corrected chi connectivity index (χ1v) is 11.1. The molecule has 0 radical (unpaired) electrons. The van der Waals surface area contributed by atoms with E-state index < -0.39 is 30.1 Å². The van der Waals surface area contributed by atoms with Crippen molar-refractivity contribution >= 4 is 19.4 Å². The van der Waals surface area contributed by atoms with Crippen molar-refractivity contribution in [3.05, 3.63) is 20.4 Å². The minimum Gasteiger partial charge on any atom is -0.488 e. The van der Waals surface area contributed by atoms with Gasteiger partial charge >= 0.3 is 13.7 Å². The van der Waals surface area contributed by atoms with Gasteiger partial charge in [0.2, 0.25) is 0 Å². The maximum Gasteiger partial charge on any atom is 0.407 e. The van der Waals surface area contributed by atoms with Gasteiger partial charge in [-0.3, -0.25) is 14.2 Å². The van der Waals surface area contributed by atoms with Crippen LogP contribution in [0.15, 0.2) is 9.59 Å². The van der Waals surface area contributed by atoms with Crippen LogP contribution < -0.4 is 25.8 Å². The number of amides is 1. The predicted octanol–water partition coefficient (Wildman–Crippen LogP) is 1.89. The Morgan fingerprint density at radius 1 is 1.10 bits per heavy atom. The first kappa shape index (κ1) is 25.1. The zero-order valence-electron chi connectivity index (χ0n) is 17.9. The van der Waals surface area contributed by atoms with Crippen molar-refractivity contribution in [2.75, 3.05) is 51.5 Å². The second-order valence-corrected chi connectivity index (χ2v) is 9.64. The van der Waals surface area contributed by atoms with Crippen LogP contribution in [0.3, 0.4) is 0 Å². The lowest BCUT2D eigenvalue weighted by Gasteiger charge is -2.28. The van der Waals surface area contributed by atoms with Crippen LogP contribution in [0.4, 0.5) is 10.5 Å². The van der Waals surface area contributed by atoms with E-state index in [1.54, 1.807) is 32.6 Å². The molecule has 0 fully saturated rings. The third-order valence-electron chi connectivity index (χ3n) is 3.92. The smallest absolute Gasteiger partial charge is 0.407 e. The van der Waals surface area contributed by atoms with E-state index in [9.17, 15) is 18.9 Å². The zero-order chi connectivity index (χ0) is 22.2. The largest absolute Gasteiger partial charge is 0.488 e. The predicted molar refractivity (Wildman–Crippen MR) is 110 cm³/mol. The van der Waals surface area contributed by atoms with Gasteiger partial charge < -0.3 is 28.7 Å². The monoisotopic (exact) mass is 434 g/mol. The number of hydrogen-bond acceptors (Lipinski definition) is 9. The minimum absolute atomic E-state index is 0.00210. The molecule has 166 valence electrons. The molecule has 10 nitrogen and oxygen atoms in total. The zero-order valence-corrected chi connectivity index (χ0v) is 18.8. The third kappa shape index (κ3) is 7.45. The molecule has 0 saturated heterocycles. The van der Waals surface area contributed by atoms with Crippen molar-refractivity contribution in [1.29, 1.82) is 0 Å². The summed E-state index contributed by atoms with van der Waals surface area (Å²) in [6, 6.07) is 0. The number of ether oxygens (including phenoxy) is 2. The number of nitrogens with one attached hydrogen (secondary N) is 1. The molecule has 1 amide bonds. The van der Waals surface area contributed by atoms with Crippen molar-refractivity contribution in [2.24, 2.45) is 0 Å². The van der Waals surface area contributed by atoms with Crippen LogP contribution in [0.1, 0.15) is 34.1 Å². The van der Waals surface area contributed by atoms with Crippen LogP contribution in [0.2, 0.25) is 0 Å². The van der Waals surface area contributed by atoms with E-state index in [1.807, 2.05) is 0 Å². The molecule has 0 heterocycles. The van der Waals surface area contributed by atoms with E-state index in [1.165, 1.54) is 14.2 Å². The lowest BCUT2D eigenvalue weighted by Crippen LogP contribution is -2.43. The van der Waals surface area contributed by atoms with Crippen LogP contribution in [-0.4, -0.2) is 58.3 Å². The molecule has 0 aromatic heterocycles. The Morgan fingerprint density at radius 2 is 1.72 bits per heavy atom. The Hall–Kier alpha value is -1.90. The first-order chi connectivity index (χ1) is 13.5. The topological polar surface area (TPSA) is 120 Å². The van der Waals surface area contributed by atoms with Crippen molar-refractivity contribution in [2.45, 2.75) is 39.7 Å². The van der Waals surface area contributed by atoms with E-state index in [4.69, 9.17) is 18.5 Å². The molecule has 0 spiro atoms. The third-order valence-corrected chi connectivity index (χ3v) is 5.78. The molecule has 29 heavy (non-hydrogen) atoms. The van der Waals surface area contributed by atoms with E-state index in [0.29, 0.717) is 13.0 Å². The van der Waals surface area contributed by atoms with Gasteiger partial charge in [0.05, 0.1) is 12.8 Å². The Morgan fingerprint density at radius 3 is 2.24 bits per heavy atom. The lowest BCUT2D eigenvalue weighted by molar-refractivity contribution is 0.0527. The summed E-state index contributed by atoms with van der Waals surface area (Å²) in [5.74, 6) is 0.00210. The number of rotatable bonds is 12. The number of hydrogen-bond donors (Lipinski definition) is 1. The molecule has 1 aromatic rings. The van der Waals surface area contributed by atoms with Crippen molar-refractivity contribution < 1.29 is 27.9 Å². The second-order valence-electron chi connectivity index (χ2n) is 7.24. The number of nitrogens with zero attached hydrogens (tertiary/aromatic N) is 1. The van der Waals surface area contributed by atoms with Crippen LogP contribution >= 0.6 is 7.60 Å². The molecule has 1 rings (SSSR count). The summed E-state index contributed by atoms with van der Waals surface area (Å²) in [6.07, 6.45) is -0.0750. The summed E-state index contributed by atoms with van der Waals surface area (Å²) in [5.41, 5.74) is -1.79. The summed E-state index contributed by atoms with van der Waals surface area (Å²) in [4.78, 5) is 37.2. The van der Waals surface area contributed by atoms with E-state index in [-0.39, 0.29) is 37.3 Å². The molecule has 0 saturated carbocycles. The Kier molecular flexibility index (Phi) is 9.32. The fourth-order valence-corrected chi connectivity index (χ4v) is 3.54. The van der Waals surface area contributed by atoms with Gasteiger partial charge in [0.25, 0.3) is 10.9 Å². The molecule has 11 heteroatoms. The summed E-state index contributed by atoms with van der Waals surface area (Å²) in [6.45, 7) is 7.99. The highest BCUT2D eigenvalue weighted by molar-refractivity contribution is 7.53. The standard InChI is InChI=1S/C18H31N2O8P/c1-7-27-16-13(14(21)15(16)22)20(11-12-29(24,25-5)26-6)10-8-9-19-17(23)28-18(2,3)4/h7-12H2,1-6H3,(H,19,23). The van der Waals surface area contributed by atoms with Crippen LogP contribution in [-0.2, 0) is 18.3 Å². The molecule has 0 aliphatic carbocycles. The maximum atomic E-state index is 12.3. The van der Waals surface area contributed by atoms with Gasteiger partial charge in [0, 0.05) is 33.9 Å². The molecule has 0 bridgehead atoms. The van der Waals surface area contributed by atoms with Gasteiger partial charge in [-0.15, -0.1) is 0 Å². The molecule has 0 unspecified atom stereocenters. The number of alkyl carbamates (subject to hydrolysis) is 1. The number of carbonyl (C=O) groups excluding carboxylic acids is 1. The van der Waals surface area contributed by atoms with Crippen LogP contribution in [0.5, 0.6) is 5.75 Å². The average molecular weight is 434 g/mol. The summed E-state index contributed by atoms with van der Waals surface area (Å²) in [5, 5.41) is 2.63. The molecular formula is C18H31N2O8P. The first-order valence-electron chi connectivity index (χ1n) is 9.36. The quantitative estimate of drug-likeness (QED) is 0.299. The molecule has 0 atom stereocenters. The van der Waals surface area contributed by atoms with Gasteiger partial charge in [-0.1, -0.05) is 0 Å². The lowest BCUT2D eigenvalue weighted by atomic mass is 10.2. The van der Waals surface area contributed by atoms with Crippen LogP contribution in [0, 0.1) is 0 Å². The Balaban J connectivity index is 2.81. The Labute approximate surface area is 170 Å².